The van der Waals surface area contributed by atoms with E-state index in [1.54, 1.807) is 20.8 Å². The Kier molecular flexibility index (Phi) is 8.45. The largest absolute Gasteiger partial charge is 0.444 e. The molecule has 0 fully saturated rings. The van der Waals surface area contributed by atoms with E-state index in [1.165, 1.54) is 6.92 Å². The van der Waals surface area contributed by atoms with Gasteiger partial charge in [-0.15, -0.1) is 0 Å². The standard InChI is InChI=1S/C8H16N2O3.C5H14N2/c1-5(6(9)11)10-7(12)13-8(2,3)4;1-4(6)5(2,3)7/h5H,1-4H3,(H2,9,11)(H,10,12);4H,6-7H2,1-3H3/t5-;/m0./s1. The highest BCUT2D eigenvalue weighted by molar-refractivity contribution is 5.83. The van der Waals surface area contributed by atoms with Gasteiger partial charge in [-0.1, -0.05) is 0 Å². The van der Waals surface area contributed by atoms with Crippen LogP contribution >= 0.6 is 0 Å². The van der Waals surface area contributed by atoms with Gasteiger partial charge in [-0.05, 0) is 48.5 Å². The zero-order chi connectivity index (χ0) is 16.7. The van der Waals surface area contributed by atoms with Crippen molar-refractivity contribution in [1.82, 2.24) is 5.32 Å². The van der Waals surface area contributed by atoms with E-state index < -0.39 is 23.6 Å². The fourth-order valence-corrected chi connectivity index (χ4v) is 0.555. The molecule has 0 aliphatic rings. The number of hydrogen-bond acceptors (Lipinski definition) is 5. The molecule has 0 aromatic heterocycles. The molecule has 20 heavy (non-hydrogen) atoms. The molecule has 2 atom stereocenters. The van der Waals surface area contributed by atoms with Crippen LogP contribution in [0.5, 0.6) is 0 Å². The first-order valence-corrected chi connectivity index (χ1v) is 6.50. The molecule has 0 saturated carbocycles. The van der Waals surface area contributed by atoms with E-state index in [0.717, 1.165) is 0 Å². The second-order valence-electron chi connectivity index (χ2n) is 6.38. The highest BCUT2D eigenvalue weighted by Crippen LogP contribution is 2.06. The number of hydrogen-bond donors (Lipinski definition) is 4. The molecule has 0 rings (SSSR count). The maximum atomic E-state index is 11.0. The SMILES string of the molecule is CC(N)C(C)(C)N.C[C@H](NC(=O)OC(C)(C)C)C(N)=O. The summed E-state index contributed by atoms with van der Waals surface area (Å²) in [5.41, 5.74) is 15.1. The van der Waals surface area contributed by atoms with Crippen molar-refractivity contribution in [3.05, 3.63) is 0 Å². The number of amides is 2. The first-order valence-electron chi connectivity index (χ1n) is 6.50. The third-order valence-corrected chi connectivity index (χ3v) is 2.33. The summed E-state index contributed by atoms with van der Waals surface area (Å²) in [4.78, 5) is 21.6. The van der Waals surface area contributed by atoms with Gasteiger partial charge in [0, 0.05) is 11.6 Å². The van der Waals surface area contributed by atoms with Crippen molar-refractivity contribution < 1.29 is 14.3 Å². The average molecular weight is 290 g/mol. The number of rotatable bonds is 3. The van der Waals surface area contributed by atoms with Gasteiger partial charge in [-0.3, -0.25) is 4.79 Å². The lowest BCUT2D eigenvalue weighted by atomic mass is 9.99. The maximum Gasteiger partial charge on any atom is 0.408 e. The molecule has 0 saturated heterocycles. The smallest absolute Gasteiger partial charge is 0.408 e. The molecular formula is C13H30N4O3. The molecule has 2 amide bonds. The van der Waals surface area contributed by atoms with Crippen LogP contribution in [0.25, 0.3) is 0 Å². The van der Waals surface area contributed by atoms with Crippen LogP contribution < -0.4 is 22.5 Å². The minimum Gasteiger partial charge on any atom is -0.444 e. The summed E-state index contributed by atoms with van der Waals surface area (Å²) in [6, 6.07) is -0.637. The van der Waals surface area contributed by atoms with Crippen LogP contribution in [0.3, 0.4) is 0 Å². The molecule has 7 heteroatoms. The summed E-state index contributed by atoms with van der Waals surface area (Å²) in [6.45, 7) is 12.4. The van der Waals surface area contributed by atoms with Crippen molar-refractivity contribution >= 4 is 12.0 Å². The van der Waals surface area contributed by atoms with E-state index in [0.29, 0.717) is 0 Å². The number of nitrogens with two attached hydrogens (primary N) is 3. The summed E-state index contributed by atoms with van der Waals surface area (Å²) in [5, 5.41) is 2.30. The summed E-state index contributed by atoms with van der Waals surface area (Å²) < 4.78 is 4.90. The van der Waals surface area contributed by atoms with Crippen molar-refractivity contribution in [2.75, 3.05) is 0 Å². The highest BCUT2D eigenvalue weighted by atomic mass is 16.6. The molecular weight excluding hydrogens is 260 g/mol. The van der Waals surface area contributed by atoms with Crippen LogP contribution in [0, 0.1) is 0 Å². The Hall–Kier alpha value is -1.34. The van der Waals surface area contributed by atoms with Crippen molar-refractivity contribution in [1.29, 1.82) is 0 Å². The van der Waals surface area contributed by atoms with Gasteiger partial charge in [0.15, 0.2) is 0 Å². The lowest BCUT2D eigenvalue weighted by Crippen LogP contribution is -2.48. The van der Waals surface area contributed by atoms with Crippen LogP contribution in [0.15, 0.2) is 0 Å². The number of nitrogens with one attached hydrogen (secondary N) is 1. The summed E-state index contributed by atoms with van der Waals surface area (Å²) in [7, 11) is 0. The molecule has 1 unspecified atom stereocenters. The van der Waals surface area contributed by atoms with Gasteiger partial charge in [0.25, 0.3) is 0 Å². The lowest BCUT2D eigenvalue weighted by molar-refractivity contribution is -0.119. The van der Waals surface area contributed by atoms with Gasteiger partial charge in [0.1, 0.15) is 11.6 Å². The number of primary amides is 1. The van der Waals surface area contributed by atoms with Crippen molar-refractivity contribution in [3.8, 4) is 0 Å². The molecule has 0 heterocycles. The van der Waals surface area contributed by atoms with Gasteiger partial charge in [0.05, 0.1) is 0 Å². The zero-order valence-corrected chi connectivity index (χ0v) is 13.6. The molecule has 0 spiro atoms. The van der Waals surface area contributed by atoms with Crippen LogP contribution in [0.1, 0.15) is 48.5 Å². The van der Waals surface area contributed by atoms with Gasteiger partial charge in [-0.2, -0.15) is 0 Å². The Morgan fingerprint density at radius 2 is 1.45 bits per heavy atom. The molecule has 0 aromatic carbocycles. The molecule has 7 nitrogen and oxygen atoms in total. The van der Waals surface area contributed by atoms with E-state index in [9.17, 15) is 9.59 Å². The van der Waals surface area contributed by atoms with Gasteiger partial charge in [-0.25, -0.2) is 4.79 Å². The predicted octanol–water partition coefficient (Wildman–Crippen LogP) is 0.456. The van der Waals surface area contributed by atoms with E-state index in [4.69, 9.17) is 21.9 Å². The summed E-state index contributed by atoms with van der Waals surface area (Å²) in [6.07, 6.45) is -0.640. The number of alkyl carbamates (subject to hydrolysis) is 1. The lowest BCUT2D eigenvalue weighted by Gasteiger charge is -2.22. The van der Waals surface area contributed by atoms with Crippen molar-refractivity contribution in [3.63, 3.8) is 0 Å². The quantitative estimate of drug-likeness (QED) is 0.599. The fourth-order valence-electron chi connectivity index (χ4n) is 0.555. The summed E-state index contributed by atoms with van der Waals surface area (Å²) in [5.74, 6) is -0.592. The van der Waals surface area contributed by atoms with Gasteiger partial charge >= 0.3 is 6.09 Å². The van der Waals surface area contributed by atoms with Crippen LogP contribution in [-0.4, -0.2) is 35.2 Å². The highest BCUT2D eigenvalue weighted by Gasteiger charge is 2.19. The molecule has 0 aliphatic carbocycles. The Labute approximate surface area is 121 Å². The Morgan fingerprint density at radius 1 is 1.10 bits per heavy atom. The Bertz CT molecular complexity index is 317. The minimum atomic E-state index is -0.713. The van der Waals surface area contributed by atoms with E-state index >= 15 is 0 Å². The third-order valence-electron chi connectivity index (χ3n) is 2.33. The molecule has 0 aliphatic heterocycles. The first-order chi connectivity index (χ1) is 8.66. The van der Waals surface area contributed by atoms with E-state index in [2.05, 4.69) is 5.32 Å². The van der Waals surface area contributed by atoms with Gasteiger partial charge < -0.3 is 27.3 Å². The predicted molar refractivity (Wildman–Crippen MR) is 79.9 cm³/mol. The first kappa shape index (κ1) is 21.0. The second kappa shape index (κ2) is 8.06. The van der Waals surface area contributed by atoms with Crippen LogP contribution in [0.2, 0.25) is 0 Å². The minimum absolute atomic E-state index is 0.0764. The Balaban J connectivity index is 0. The molecule has 0 aromatic rings. The van der Waals surface area contributed by atoms with E-state index in [-0.39, 0.29) is 11.6 Å². The van der Waals surface area contributed by atoms with E-state index in [1.807, 2.05) is 20.8 Å². The normalized spacial score (nSPS) is 14.4. The topological polar surface area (TPSA) is 133 Å². The number of carbonyl (C=O) groups is 2. The fraction of sp³-hybridized carbons (Fsp3) is 0.846. The summed E-state index contributed by atoms with van der Waals surface area (Å²) >= 11 is 0. The molecule has 0 radical (unpaired) electrons. The molecule has 0 bridgehead atoms. The number of carbonyl (C=O) groups excluding carboxylic acids is 2. The average Bonchev–Trinajstić information content (AvgIpc) is 2.13. The van der Waals surface area contributed by atoms with Crippen molar-refractivity contribution in [2.45, 2.75) is 71.7 Å². The second-order valence-corrected chi connectivity index (χ2v) is 6.38. The van der Waals surface area contributed by atoms with Crippen LogP contribution in [-0.2, 0) is 9.53 Å². The maximum absolute atomic E-state index is 11.0. The molecule has 120 valence electrons. The zero-order valence-electron chi connectivity index (χ0n) is 13.6. The van der Waals surface area contributed by atoms with Crippen LogP contribution in [0.4, 0.5) is 4.79 Å². The Morgan fingerprint density at radius 3 is 1.65 bits per heavy atom. The number of ether oxygens (including phenoxy) is 1. The third kappa shape index (κ3) is 13.1. The van der Waals surface area contributed by atoms with Gasteiger partial charge in [0.2, 0.25) is 5.91 Å². The molecule has 7 N–H and O–H groups in total. The monoisotopic (exact) mass is 290 g/mol. The van der Waals surface area contributed by atoms with Crippen molar-refractivity contribution in [2.24, 2.45) is 17.2 Å².